The number of carbonyl (C=O) groups is 1. The van der Waals surface area contributed by atoms with E-state index in [2.05, 4.69) is 15.3 Å². The third-order valence-corrected chi connectivity index (χ3v) is 9.99. The van der Waals surface area contributed by atoms with Crippen molar-refractivity contribution in [3.63, 3.8) is 0 Å². The van der Waals surface area contributed by atoms with Crippen LogP contribution in [0.4, 0.5) is 8.78 Å². The predicted octanol–water partition coefficient (Wildman–Crippen LogP) is 6.35. The summed E-state index contributed by atoms with van der Waals surface area (Å²) in [6, 6.07) is 12.7. The first-order chi connectivity index (χ1) is 22.8. The van der Waals surface area contributed by atoms with E-state index in [-0.39, 0.29) is 29.5 Å². The van der Waals surface area contributed by atoms with Gasteiger partial charge in [-0.25, -0.2) is 18.4 Å². The molecule has 2 aromatic carbocycles. The first kappa shape index (κ1) is 32.4. The highest BCUT2D eigenvalue weighted by atomic mass is 35.5. The molecule has 15 heteroatoms. The number of fused-ring (bicyclic) bond motifs is 1. The predicted molar refractivity (Wildman–Crippen MR) is 169 cm³/mol. The van der Waals surface area contributed by atoms with E-state index < -0.39 is 52.7 Å². The molecule has 2 aromatic heterocycles. The average Bonchev–Trinajstić information content (AvgIpc) is 3.53. The zero-order valence-corrected chi connectivity index (χ0v) is 27.3. The Labute approximate surface area is 283 Å². The SMILES string of the molecule is CCOC1C(n2cc(-c3cc(F)c(Cl)c(F)c3)nn2)[C@H]2OC(c3ccccc3)OCC2O[C@@H]1Sc1cc(Cl)cnc1C(=O)N1CCC1. The quantitative estimate of drug-likeness (QED) is 0.194. The Morgan fingerprint density at radius 3 is 2.57 bits per heavy atom. The second-order valence-corrected chi connectivity index (χ2v) is 13.2. The molecule has 0 spiro atoms. The van der Waals surface area contributed by atoms with Crippen LogP contribution < -0.4 is 0 Å². The van der Waals surface area contributed by atoms with E-state index in [0.29, 0.717) is 29.6 Å². The van der Waals surface area contributed by atoms with Crippen LogP contribution in [0.1, 0.15) is 41.7 Å². The third-order valence-electron chi connectivity index (χ3n) is 8.24. The fraction of sp³-hybridized carbons (Fsp3) is 0.375. The van der Waals surface area contributed by atoms with Crippen LogP contribution in [0.15, 0.2) is 65.8 Å². The van der Waals surface area contributed by atoms with Gasteiger partial charge in [0, 0.05) is 41.9 Å². The number of likely N-dealkylation sites (tertiary alicyclic amines) is 1. The minimum atomic E-state index is -0.914. The molecule has 3 fully saturated rings. The second-order valence-electron chi connectivity index (χ2n) is 11.2. The summed E-state index contributed by atoms with van der Waals surface area (Å²) in [5.74, 6) is -2.02. The molecule has 7 rings (SSSR count). The Morgan fingerprint density at radius 1 is 1.11 bits per heavy atom. The molecule has 47 heavy (non-hydrogen) atoms. The van der Waals surface area contributed by atoms with Gasteiger partial charge in [0.2, 0.25) is 0 Å². The summed E-state index contributed by atoms with van der Waals surface area (Å²) in [6.07, 6.45) is 1.33. The van der Waals surface area contributed by atoms with Gasteiger partial charge in [0.15, 0.2) is 6.29 Å². The van der Waals surface area contributed by atoms with E-state index in [1.807, 2.05) is 37.3 Å². The van der Waals surface area contributed by atoms with E-state index in [4.69, 9.17) is 42.1 Å². The summed E-state index contributed by atoms with van der Waals surface area (Å²) in [6.45, 7) is 3.66. The maximum Gasteiger partial charge on any atom is 0.273 e. The molecule has 246 valence electrons. The molecule has 10 nitrogen and oxygen atoms in total. The molecule has 5 heterocycles. The lowest BCUT2D eigenvalue weighted by atomic mass is 9.95. The van der Waals surface area contributed by atoms with Gasteiger partial charge < -0.3 is 23.8 Å². The van der Waals surface area contributed by atoms with Gasteiger partial charge in [-0.1, -0.05) is 70.5 Å². The van der Waals surface area contributed by atoms with Gasteiger partial charge in [-0.3, -0.25) is 4.79 Å². The van der Waals surface area contributed by atoms with Crippen molar-refractivity contribution in [2.75, 3.05) is 26.3 Å². The third kappa shape index (κ3) is 6.50. The van der Waals surface area contributed by atoms with Crippen molar-refractivity contribution in [2.45, 2.75) is 54.3 Å². The van der Waals surface area contributed by atoms with Crippen molar-refractivity contribution in [1.82, 2.24) is 24.9 Å². The molecule has 0 bridgehead atoms. The van der Waals surface area contributed by atoms with Crippen molar-refractivity contribution >= 4 is 40.9 Å². The van der Waals surface area contributed by atoms with Gasteiger partial charge in [0.1, 0.15) is 57.8 Å². The van der Waals surface area contributed by atoms with Crippen LogP contribution in [-0.4, -0.2) is 80.8 Å². The van der Waals surface area contributed by atoms with E-state index >= 15 is 0 Å². The molecule has 4 aromatic rings. The van der Waals surface area contributed by atoms with Gasteiger partial charge in [-0.15, -0.1) is 5.10 Å². The summed E-state index contributed by atoms with van der Waals surface area (Å²) in [5, 5.41) is 8.40. The van der Waals surface area contributed by atoms with Crippen molar-refractivity contribution in [2.24, 2.45) is 0 Å². The van der Waals surface area contributed by atoms with Gasteiger partial charge in [0.05, 0.1) is 17.8 Å². The summed E-state index contributed by atoms with van der Waals surface area (Å²) in [5.41, 5.74) is 0.761. The fourth-order valence-electron chi connectivity index (χ4n) is 5.84. The smallest absolute Gasteiger partial charge is 0.273 e. The van der Waals surface area contributed by atoms with Gasteiger partial charge in [-0.05, 0) is 31.5 Å². The van der Waals surface area contributed by atoms with Crippen LogP contribution >= 0.6 is 35.0 Å². The summed E-state index contributed by atoms with van der Waals surface area (Å²) < 4.78 is 56.0. The van der Waals surface area contributed by atoms with Crippen LogP contribution in [-0.2, 0) is 18.9 Å². The highest BCUT2D eigenvalue weighted by Crippen LogP contribution is 2.45. The molecule has 3 saturated heterocycles. The van der Waals surface area contributed by atoms with Crippen molar-refractivity contribution in [1.29, 1.82) is 0 Å². The lowest BCUT2D eigenvalue weighted by molar-refractivity contribution is -0.309. The summed E-state index contributed by atoms with van der Waals surface area (Å²) in [4.78, 5) is 20.0. The molecular weight excluding hydrogens is 675 g/mol. The van der Waals surface area contributed by atoms with Gasteiger partial charge >= 0.3 is 0 Å². The second kappa shape index (κ2) is 13.7. The molecule has 1 amide bonds. The van der Waals surface area contributed by atoms with Crippen molar-refractivity contribution < 1.29 is 32.5 Å². The van der Waals surface area contributed by atoms with Crippen LogP contribution in [0.25, 0.3) is 11.3 Å². The highest BCUT2D eigenvalue weighted by Gasteiger charge is 2.52. The minimum Gasteiger partial charge on any atom is -0.373 e. The number of aromatic nitrogens is 4. The number of pyridine rings is 1. The average molecular weight is 705 g/mol. The Morgan fingerprint density at radius 2 is 1.87 bits per heavy atom. The molecule has 6 atom stereocenters. The van der Waals surface area contributed by atoms with E-state index in [0.717, 1.165) is 24.1 Å². The van der Waals surface area contributed by atoms with E-state index in [1.54, 1.807) is 21.8 Å². The van der Waals surface area contributed by atoms with Crippen LogP contribution in [0.5, 0.6) is 0 Å². The lowest BCUT2D eigenvalue weighted by Gasteiger charge is -2.49. The zero-order valence-electron chi connectivity index (χ0n) is 25.0. The lowest BCUT2D eigenvalue weighted by Crippen LogP contribution is -2.59. The Kier molecular flexibility index (Phi) is 9.47. The first-order valence-electron chi connectivity index (χ1n) is 15.1. The Bertz CT molecular complexity index is 1740. The minimum absolute atomic E-state index is 0.160. The first-order valence-corrected chi connectivity index (χ1v) is 16.7. The summed E-state index contributed by atoms with van der Waals surface area (Å²) >= 11 is 13.4. The number of halogens is 4. The molecule has 0 radical (unpaired) electrons. The fourth-order valence-corrected chi connectivity index (χ4v) is 7.44. The monoisotopic (exact) mass is 703 g/mol. The largest absolute Gasteiger partial charge is 0.373 e. The number of thioether (sulfide) groups is 1. The van der Waals surface area contributed by atoms with Crippen LogP contribution in [0.3, 0.4) is 0 Å². The van der Waals surface area contributed by atoms with Crippen molar-refractivity contribution in [3.05, 3.63) is 93.9 Å². The number of carbonyl (C=O) groups excluding carboxylic acids is 1. The number of nitrogens with zero attached hydrogens (tertiary/aromatic N) is 5. The van der Waals surface area contributed by atoms with E-state index in [1.165, 1.54) is 18.0 Å². The normalized spacial score (nSPS) is 25.7. The number of hydrogen-bond acceptors (Lipinski definition) is 9. The molecular formula is C32H29Cl2F2N5O5S. The Balaban J connectivity index is 1.27. The van der Waals surface area contributed by atoms with E-state index in [9.17, 15) is 13.6 Å². The molecule has 0 N–H and O–H groups in total. The van der Waals surface area contributed by atoms with Gasteiger partial charge in [0.25, 0.3) is 5.91 Å². The number of benzene rings is 2. The Hall–Kier alpha value is -3.17. The maximum absolute atomic E-state index is 14.4. The highest BCUT2D eigenvalue weighted by molar-refractivity contribution is 8.00. The number of ether oxygens (including phenoxy) is 4. The van der Waals surface area contributed by atoms with Gasteiger partial charge in [-0.2, -0.15) is 0 Å². The van der Waals surface area contributed by atoms with Crippen molar-refractivity contribution in [3.8, 4) is 11.3 Å². The number of rotatable bonds is 8. The molecule has 4 unspecified atom stereocenters. The molecule has 0 aliphatic carbocycles. The molecule has 0 saturated carbocycles. The zero-order chi connectivity index (χ0) is 32.7. The van der Waals surface area contributed by atoms with Crippen LogP contribution in [0.2, 0.25) is 10.0 Å². The number of hydrogen-bond donors (Lipinski definition) is 0. The molecule has 3 aliphatic heterocycles. The number of amides is 1. The topological polar surface area (TPSA) is 101 Å². The standard InChI is InChI=1S/C32H29Cl2F2N5O5S/c1-2-43-29-27(41-15-22(38-39-41)18-11-20(35)25(34)21(36)12-18)28-23(16-44-31(46-28)17-7-4-3-5-8-17)45-32(29)47-24-13-19(33)14-37-26(24)30(42)40-9-6-10-40/h3-5,7-8,11-15,23,27-29,31-32H,2,6,9-10,16H2,1H3/t23?,27?,28-,29?,31?,32+/m0/s1. The summed E-state index contributed by atoms with van der Waals surface area (Å²) in [7, 11) is 0. The maximum atomic E-state index is 14.4. The molecule has 3 aliphatic rings. The van der Waals surface area contributed by atoms with Crippen LogP contribution in [0, 0.1) is 11.6 Å².